The van der Waals surface area contributed by atoms with Crippen molar-refractivity contribution in [1.29, 1.82) is 0 Å². The maximum absolute atomic E-state index is 10.8. The molecule has 0 spiro atoms. The molecule has 0 fully saturated rings. The Morgan fingerprint density at radius 3 is 2.50 bits per heavy atom. The van der Waals surface area contributed by atoms with Crippen LogP contribution >= 0.6 is 11.8 Å². The molecule has 0 bridgehead atoms. The predicted octanol–water partition coefficient (Wildman–Crippen LogP) is 3.28. The molecule has 0 radical (unpaired) electrons. The van der Waals surface area contributed by atoms with E-state index < -0.39 is 0 Å². The van der Waals surface area contributed by atoms with Crippen molar-refractivity contribution in [2.45, 2.75) is 51.2 Å². The fourth-order valence-electron chi connectivity index (χ4n) is 1.25. The third-order valence-electron chi connectivity index (χ3n) is 1.98. The lowest BCUT2D eigenvalue weighted by atomic mass is 10.1. The van der Waals surface area contributed by atoms with E-state index in [1.807, 2.05) is 11.8 Å². The summed E-state index contributed by atoms with van der Waals surface area (Å²) in [6, 6.07) is 0. The van der Waals surface area contributed by atoms with E-state index in [-0.39, 0.29) is 0 Å². The molecule has 0 N–H and O–H groups in total. The quantitative estimate of drug-likeness (QED) is 0.570. The molecule has 0 aliphatic carbocycles. The van der Waals surface area contributed by atoms with E-state index in [1.54, 1.807) is 6.92 Å². The predicted molar refractivity (Wildman–Crippen MR) is 56.7 cm³/mol. The number of Topliss-reactive ketones (excluding diaryl/α,β-unsaturated/α-hetero) is 1. The number of carbonyl (C=O) groups is 1. The lowest BCUT2D eigenvalue weighted by Crippen LogP contribution is -2.07. The third kappa shape index (κ3) is 6.71. The van der Waals surface area contributed by atoms with Crippen LogP contribution in [0.25, 0.3) is 0 Å². The van der Waals surface area contributed by atoms with Gasteiger partial charge in [0, 0.05) is 11.7 Å². The van der Waals surface area contributed by atoms with Gasteiger partial charge in [0.1, 0.15) is 5.78 Å². The van der Waals surface area contributed by atoms with E-state index in [0.29, 0.717) is 11.0 Å². The van der Waals surface area contributed by atoms with Gasteiger partial charge in [-0.05, 0) is 19.6 Å². The molecule has 1 unspecified atom stereocenters. The summed E-state index contributed by atoms with van der Waals surface area (Å²) in [4.78, 5) is 10.8. The minimum atomic E-state index is 0.325. The lowest BCUT2D eigenvalue weighted by Gasteiger charge is -2.11. The molecule has 0 saturated heterocycles. The second-order valence-electron chi connectivity index (χ2n) is 3.26. The third-order valence-corrected chi connectivity index (χ3v) is 3.05. The van der Waals surface area contributed by atoms with Crippen LogP contribution in [0, 0.1) is 0 Å². The highest BCUT2D eigenvalue weighted by Crippen LogP contribution is 2.18. The average Bonchev–Trinajstić information content (AvgIpc) is 2.02. The Kier molecular flexibility index (Phi) is 7.67. The summed E-state index contributed by atoms with van der Waals surface area (Å²) in [5, 5.41) is 0.564. The average molecular weight is 188 g/mol. The summed E-state index contributed by atoms with van der Waals surface area (Å²) < 4.78 is 0. The van der Waals surface area contributed by atoms with Gasteiger partial charge in [0.05, 0.1) is 0 Å². The van der Waals surface area contributed by atoms with Crippen molar-refractivity contribution >= 4 is 17.5 Å². The Bertz CT molecular complexity index is 123. The van der Waals surface area contributed by atoms with Crippen molar-refractivity contribution in [3.05, 3.63) is 0 Å². The highest BCUT2D eigenvalue weighted by atomic mass is 32.2. The summed E-state index contributed by atoms with van der Waals surface area (Å²) in [5.74, 6) is 0.325. The molecular weight excluding hydrogens is 168 g/mol. The van der Waals surface area contributed by atoms with Crippen molar-refractivity contribution in [2.24, 2.45) is 0 Å². The molecule has 0 aromatic rings. The van der Waals surface area contributed by atoms with E-state index in [2.05, 4.69) is 13.2 Å². The second-order valence-corrected chi connectivity index (χ2v) is 4.40. The van der Waals surface area contributed by atoms with E-state index in [4.69, 9.17) is 0 Å². The van der Waals surface area contributed by atoms with Crippen LogP contribution in [0.15, 0.2) is 0 Å². The number of unbranched alkanes of at least 4 members (excludes halogenated alkanes) is 2. The highest BCUT2D eigenvalue weighted by Gasteiger charge is 2.08. The summed E-state index contributed by atoms with van der Waals surface area (Å²) in [7, 11) is 0. The topological polar surface area (TPSA) is 17.1 Å². The van der Waals surface area contributed by atoms with Crippen LogP contribution in [0.3, 0.4) is 0 Å². The van der Waals surface area contributed by atoms with Gasteiger partial charge in [-0.2, -0.15) is 11.8 Å². The maximum atomic E-state index is 10.8. The van der Waals surface area contributed by atoms with Gasteiger partial charge < -0.3 is 0 Å². The molecule has 0 rings (SSSR count). The molecule has 1 atom stereocenters. The molecule has 0 aliphatic heterocycles. The van der Waals surface area contributed by atoms with Crippen LogP contribution in [0.1, 0.15) is 46.0 Å². The Morgan fingerprint density at radius 1 is 1.42 bits per heavy atom. The number of rotatable bonds is 7. The molecule has 0 aromatic heterocycles. The largest absolute Gasteiger partial charge is 0.300 e. The van der Waals surface area contributed by atoms with Gasteiger partial charge in [0.15, 0.2) is 0 Å². The summed E-state index contributed by atoms with van der Waals surface area (Å²) in [5.41, 5.74) is 0. The normalized spacial score (nSPS) is 12.9. The SMILES string of the molecule is CCCCCC(CC(C)=O)SC. The number of thioether (sulfide) groups is 1. The van der Waals surface area contributed by atoms with Crippen molar-refractivity contribution in [2.75, 3.05) is 6.26 Å². The van der Waals surface area contributed by atoms with Crippen molar-refractivity contribution < 1.29 is 4.79 Å². The standard InChI is InChI=1S/C10H20OS/c1-4-5-6-7-10(12-3)8-9(2)11/h10H,4-8H2,1-3H3. The van der Waals surface area contributed by atoms with Gasteiger partial charge in [-0.15, -0.1) is 0 Å². The first-order valence-corrected chi connectivity index (χ1v) is 6.01. The fourth-order valence-corrected chi connectivity index (χ4v) is 2.05. The van der Waals surface area contributed by atoms with Crippen LogP contribution in [-0.2, 0) is 4.79 Å². The summed E-state index contributed by atoms with van der Waals surface area (Å²) in [6.07, 6.45) is 7.89. The first kappa shape index (κ1) is 12.0. The van der Waals surface area contributed by atoms with E-state index >= 15 is 0 Å². The van der Waals surface area contributed by atoms with Crippen LogP contribution in [0.2, 0.25) is 0 Å². The van der Waals surface area contributed by atoms with E-state index in [1.165, 1.54) is 25.7 Å². The smallest absolute Gasteiger partial charge is 0.130 e. The van der Waals surface area contributed by atoms with Crippen molar-refractivity contribution in [1.82, 2.24) is 0 Å². The molecular formula is C10H20OS. The second kappa shape index (κ2) is 7.66. The Labute approximate surface area is 80.3 Å². The Morgan fingerprint density at radius 2 is 2.08 bits per heavy atom. The van der Waals surface area contributed by atoms with Gasteiger partial charge in [0.25, 0.3) is 0 Å². The molecule has 0 aromatic carbocycles. The maximum Gasteiger partial charge on any atom is 0.130 e. The Hall–Kier alpha value is 0.0200. The van der Waals surface area contributed by atoms with Crippen molar-refractivity contribution in [3.8, 4) is 0 Å². The van der Waals surface area contributed by atoms with Crippen LogP contribution in [0.4, 0.5) is 0 Å². The molecule has 72 valence electrons. The molecule has 0 aliphatic rings. The monoisotopic (exact) mass is 188 g/mol. The zero-order valence-corrected chi connectivity index (χ0v) is 9.25. The van der Waals surface area contributed by atoms with Gasteiger partial charge in [-0.1, -0.05) is 26.2 Å². The highest BCUT2D eigenvalue weighted by molar-refractivity contribution is 7.99. The van der Waals surface area contributed by atoms with Gasteiger partial charge in [-0.25, -0.2) is 0 Å². The summed E-state index contributed by atoms with van der Waals surface area (Å²) in [6.45, 7) is 3.89. The van der Waals surface area contributed by atoms with Gasteiger partial charge >= 0.3 is 0 Å². The minimum Gasteiger partial charge on any atom is -0.300 e. The fraction of sp³-hybridized carbons (Fsp3) is 0.900. The zero-order valence-electron chi connectivity index (χ0n) is 8.43. The van der Waals surface area contributed by atoms with Gasteiger partial charge in [-0.3, -0.25) is 4.79 Å². The number of hydrogen-bond donors (Lipinski definition) is 0. The zero-order chi connectivity index (χ0) is 9.40. The molecule has 2 heteroatoms. The molecule has 12 heavy (non-hydrogen) atoms. The lowest BCUT2D eigenvalue weighted by molar-refractivity contribution is -0.117. The van der Waals surface area contributed by atoms with Gasteiger partial charge in [0.2, 0.25) is 0 Å². The Balaban J connectivity index is 3.46. The first-order chi connectivity index (χ1) is 5.70. The number of carbonyl (C=O) groups excluding carboxylic acids is 1. The van der Waals surface area contributed by atoms with Crippen molar-refractivity contribution in [3.63, 3.8) is 0 Å². The van der Waals surface area contributed by atoms with E-state index in [9.17, 15) is 4.79 Å². The molecule has 1 nitrogen and oxygen atoms in total. The molecule has 0 saturated carbocycles. The minimum absolute atomic E-state index is 0.325. The van der Waals surface area contributed by atoms with E-state index in [0.717, 1.165) is 6.42 Å². The summed E-state index contributed by atoms with van der Waals surface area (Å²) >= 11 is 1.83. The molecule has 0 amide bonds. The van der Waals surface area contributed by atoms with Crippen LogP contribution < -0.4 is 0 Å². The number of hydrogen-bond acceptors (Lipinski definition) is 2. The van der Waals surface area contributed by atoms with Crippen LogP contribution in [0.5, 0.6) is 0 Å². The molecule has 0 heterocycles. The number of ketones is 1. The van der Waals surface area contributed by atoms with Crippen LogP contribution in [-0.4, -0.2) is 17.3 Å². The first-order valence-electron chi connectivity index (χ1n) is 4.73.